The van der Waals surface area contributed by atoms with E-state index < -0.39 is 18.0 Å². The molecule has 0 radical (unpaired) electrons. The largest absolute Gasteiger partial charge is 0.543 e. The summed E-state index contributed by atoms with van der Waals surface area (Å²) < 4.78 is 0.901. The molecule has 1 amide bonds. The minimum Gasteiger partial charge on any atom is -0.543 e. The SMILES string of the molecule is CC[N+](CC)(CC)Cc1ccccc1C1=C(C(=O)[O-])N2C(=O)[C@H]([C@@H](C)O)[C@H]2S1. The Morgan fingerprint density at radius 3 is 2.39 bits per heavy atom. The molecule has 28 heavy (non-hydrogen) atoms. The van der Waals surface area contributed by atoms with Crippen molar-refractivity contribution >= 4 is 28.5 Å². The molecule has 0 saturated carbocycles. The van der Waals surface area contributed by atoms with Crippen LogP contribution in [-0.2, 0) is 16.1 Å². The molecular weight excluding hydrogens is 376 g/mol. The monoisotopic (exact) mass is 404 g/mol. The van der Waals surface area contributed by atoms with Crippen LogP contribution in [0, 0.1) is 5.92 Å². The van der Waals surface area contributed by atoms with Gasteiger partial charge in [-0.25, -0.2) is 0 Å². The molecule has 6 nitrogen and oxygen atoms in total. The Hall–Kier alpha value is -1.83. The number of aliphatic hydroxyl groups is 1. The van der Waals surface area contributed by atoms with Crippen LogP contribution in [0.2, 0.25) is 0 Å². The van der Waals surface area contributed by atoms with Crippen LogP contribution in [0.25, 0.3) is 4.91 Å². The van der Waals surface area contributed by atoms with Gasteiger partial charge < -0.3 is 19.5 Å². The summed E-state index contributed by atoms with van der Waals surface area (Å²) in [5.41, 5.74) is 1.85. The van der Waals surface area contributed by atoms with E-state index >= 15 is 0 Å². The summed E-state index contributed by atoms with van der Waals surface area (Å²) in [5, 5.41) is 21.5. The highest BCUT2D eigenvalue weighted by Crippen LogP contribution is 2.54. The highest BCUT2D eigenvalue weighted by molar-refractivity contribution is 8.09. The highest BCUT2D eigenvalue weighted by Gasteiger charge is 2.56. The number of amides is 1. The van der Waals surface area contributed by atoms with E-state index in [2.05, 4.69) is 20.8 Å². The van der Waals surface area contributed by atoms with Gasteiger partial charge in [-0.3, -0.25) is 9.69 Å². The van der Waals surface area contributed by atoms with Gasteiger partial charge in [0.1, 0.15) is 11.9 Å². The number of aliphatic carboxylic acids is 1. The maximum atomic E-state index is 12.5. The number of carbonyl (C=O) groups is 2. The Labute approximate surface area is 170 Å². The normalized spacial score (nSPS) is 22.9. The predicted octanol–water partition coefficient (Wildman–Crippen LogP) is 1.39. The lowest BCUT2D eigenvalue weighted by Crippen LogP contribution is -2.61. The van der Waals surface area contributed by atoms with Crippen molar-refractivity contribution in [3.63, 3.8) is 0 Å². The number of rotatable bonds is 8. The topological polar surface area (TPSA) is 80.7 Å². The number of hydrogen-bond acceptors (Lipinski definition) is 5. The van der Waals surface area contributed by atoms with Crippen molar-refractivity contribution in [2.75, 3.05) is 19.6 Å². The molecule has 0 unspecified atom stereocenters. The standard InChI is InChI=1S/C21H28N2O4S/c1-5-23(6-2,7-3)12-14-10-8-9-11-15(14)18-17(21(26)27)22-19(25)16(13(4)24)20(22)28-18/h8-11,13,16,20,24H,5-7,12H2,1-4H3/t13-,16+,20-/m1/s1. The first-order valence-corrected chi connectivity index (χ1v) is 10.7. The van der Waals surface area contributed by atoms with Gasteiger partial charge in [0.05, 0.1) is 43.3 Å². The third kappa shape index (κ3) is 3.25. The van der Waals surface area contributed by atoms with Gasteiger partial charge in [-0.1, -0.05) is 36.0 Å². The number of aliphatic hydroxyl groups excluding tert-OH is 1. The van der Waals surface area contributed by atoms with Gasteiger partial charge in [0.15, 0.2) is 0 Å². The third-order valence-electron chi connectivity index (χ3n) is 6.27. The lowest BCUT2D eigenvalue weighted by molar-refractivity contribution is -0.936. The Kier molecular flexibility index (Phi) is 5.89. The smallest absolute Gasteiger partial charge is 0.236 e. The Morgan fingerprint density at radius 2 is 1.86 bits per heavy atom. The summed E-state index contributed by atoms with van der Waals surface area (Å²) in [4.78, 5) is 26.2. The first kappa shape index (κ1) is 20.9. The summed E-state index contributed by atoms with van der Waals surface area (Å²) in [7, 11) is 0. The van der Waals surface area contributed by atoms with Crippen molar-refractivity contribution in [1.29, 1.82) is 0 Å². The number of quaternary nitrogens is 1. The van der Waals surface area contributed by atoms with Gasteiger partial charge in [-0.15, -0.1) is 0 Å². The highest BCUT2D eigenvalue weighted by atomic mass is 32.2. The minimum absolute atomic E-state index is 0.0630. The molecular formula is C21H28N2O4S. The van der Waals surface area contributed by atoms with Crippen molar-refractivity contribution in [1.82, 2.24) is 4.90 Å². The number of carboxylic acid groups (broad SMARTS) is 1. The number of carboxylic acids is 1. The molecule has 7 heteroatoms. The summed E-state index contributed by atoms with van der Waals surface area (Å²) >= 11 is 1.35. The van der Waals surface area contributed by atoms with Crippen molar-refractivity contribution < 1.29 is 24.3 Å². The van der Waals surface area contributed by atoms with Crippen molar-refractivity contribution in [3.05, 3.63) is 41.1 Å². The van der Waals surface area contributed by atoms with E-state index in [0.717, 1.165) is 41.8 Å². The van der Waals surface area contributed by atoms with E-state index in [9.17, 15) is 19.8 Å². The van der Waals surface area contributed by atoms with E-state index in [4.69, 9.17) is 0 Å². The molecule has 0 spiro atoms. The zero-order valence-corrected chi connectivity index (χ0v) is 17.7. The van der Waals surface area contributed by atoms with Gasteiger partial charge >= 0.3 is 0 Å². The number of fused-ring (bicyclic) bond motifs is 1. The maximum absolute atomic E-state index is 12.5. The fraction of sp³-hybridized carbons (Fsp3) is 0.524. The summed E-state index contributed by atoms with van der Waals surface area (Å²) in [6, 6.07) is 7.81. The van der Waals surface area contributed by atoms with E-state index in [-0.39, 0.29) is 17.0 Å². The lowest BCUT2D eigenvalue weighted by Gasteiger charge is -2.44. The van der Waals surface area contributed by atoms with Crippen LogP contribution in [0.3, 0.4) is 0 Å². The molecule has 1 fully saturated rings. The van der Waals surface area contributed by atoms with Gasteiger partial charge in [-0.2, -0.15) is 0 Å². The molecule has 2 heterocycles. The van der Waals surface area contributed by atoms with Crippen LogP contribution in [0.1, 0.15) is 38.8 Å². The lowest BCUT2D eigenvalue weighted by atomic mass is 9.92. The number of benzene rings is 1. The summed E-state index contributed by atoms with van der Waals surface area (Å²) in [6.45, 7) is 11.8. The van der Waals surface area contributed by atoms with E-state index in [1.807, 2.05) is 24.3 Å². The van der Waals surface area contributed by atoms with Crippen molar-refractivity contribution in [2.24, 2.45) is 5.92 Å². The van der Waals surface area contributed by atoms with E-state index in [1.54, 1.807) is 6.92 Å². The zero-order chi connectivity index (χ0) is 20.6. The molecule has 0 bridgehead atoms. The quantitative estimate of drug-likeness (QED) is 0.523. The predicted molar refractivity (Wildman–Crippen MR) is 107 cm³/mol. The maximum Gasteiger partial charge on any atom is 0.236 e. The van der Waals surface area contributed by atoms with Crippen LogP contribution in [0.4, 0.5) is 0 Å². The molecule has 0 aromatic heterocycles. The Bertz CT molecular complexity index is 808. The molecule has 152 valence electrons. The minimum atomic E-state index is -1.35. The van der Waals surface area contributed by atoms with Gasteiger partial charge in [0, 0.05) is 10.5 Å². The van der Waals surface area contributed by atoms with E-state index in [1.165, 1.54) is 16.7 Å². The van der Waals surface area contributed by atoms with Crippen LogP contribution < -0.4 is 5.11 Å². The molecule has 1 N–H and O–H groups in total. The van der Waals surface area contributed by atoms with Crippen LogP contribution in [-0.4, -0.2) is 57.5 Å². The molecule has 2 aliphatic rings. The second-order valence-electron chi connectivity index (χ2n) is 7.55. The van der Waals surface area contributed by atoms with Gasteiger partial charge in [0.2, 0.25) is 5.91 Å². The number of β-lactam (4-membered cyclic amide) rings is 1. The molecule has 1 aromatic rings. The first-order valence-electron chi connectivity index (χ1n) is 9.87. The molecule has 3 atom stereocenters. The fourth-order valence-electron chi connectivity index (χ4n) is 4.21. The van der Waals surface area contributed by atoms with Crippen LogP contribution in [0.5, 0.6) is 0 Å². The summed E-state index contributed by atoms with van der Waals surface area (Å²) in [6.07, 6.45) is -0.816. The van der Waals surface area contributed by atoms with Crippen molar-refractivity contribution in [3.8, 4) is 0 Å². The average molecular weight is 405 g/mol. The fourth-order valence-corrected chi connectivity index (χ4v) is 5.88. The number of nitrogens with zero attached hydrogens (tertiary/aromatic N) is 2. The van der Waals surface area contributed by atoms with Crippen LogP contribution in [0.15, 0.2) is 30.0 Å². The summed E-state index contributed by atoms with van der Waals surface area (Å²) in [5.74, 6) is -2.28. The average Bonchev–Trinajstić information content (AvgIpc) is 3.01. The second-order valence-corrected chi connectivity index (χ2v) is 8.68. The third-order valence-corrected chi connectivity index (χ3v) is 7.67. The molecule has 1 aromatic carbocycles. The molecule has 0 aliphatic carbocycles. The second kappa shape index (κ2) is 7.89. The Morgan fingerprint density at radius 1 is 1.25 bits per heavy atom. The van der Waals surface area contributed by atoms with Gasteiger partial charge in [0.25, 0.3) is 0 Å². The molecule has 1 saturated heterocycles. The molecule has 2 aliphatic heterocycles. The first-order chi connectivity index (χ1) is 13.3. The molecule has 3 rings (SSSR count). The van der Waals surface area contributed by atoms with Gasteiger partial charge in [-0.05, 0) is 33.3 Å². The number of hydrogen-bond donors (Lipinski definition) is 1. The Balaban J connectivity index is 2.05. The number of carbonyl (C=O) groups excluding carboxylic acids is 2. The van der Waals surface area contributed by atoms with E-state index in [0.29, 0.717) is 4.91 Å². The van der Waals surface area contributed by atoms with Crippen molar-refractivity contribution in [2.45, 2.75) is 45.7 Å². The zero-order valence-electron chi connectivity index (χ0n) is 16.8. The number of thioether (sulfide) groups is 1. The van der Waals surface area contributed by atoms with Crippen LogP contribution >= 0.6 is 11.8 Å².